The van der Waals surface area contributed by atoms with Crippen molar-refractivity contribution in [1.82, 2.24) is 9.62 Å². The van der Waals surface area contributed by atoms with E-state index in [9.17, 15) is 13.2 Å². The van der Waals surface area contributed by atoms with Crippen LogP contribution in [0.1, 0.15) is 43.0 Å². The molecule has 1 N–H and O–H groups in total. The average Bonchev–Trinajstić information content (AvgIpc) is 2.84. The lowest BCUT2D eigenvalue weighted by Gasteiger charge is -2.30. The summed E-state index contributed by atoms with van der Waals surface area (Å²) in [5.41, 5.74) is 2.40. The molecule has 0 unspecified atom stereocenters. The summed E-state index contributed by atoms with van der Waals surface area (Å²) in [5.74, 6) is -0.228. The zero-order valence-corrected chi connectivity index (χ0v) is 20.8. The van der Waals surface area contributed by atoms with Gasteiger partial charge < -0.3 is 15.1 Å². The van der Waals surface area contributed by atoms with Crippen LogP contribution in [-0.2, 0) is 10.0 Å². The zero-order chi connectivity index (χ0) is 23.8. The van der Waals surface area contributed by atoms with Gasteiger partial charge in [-0.2, -0.15) is 0 Å². The highest BCUT2D eigenvalue weighted by Gasteiger charge is 2.24. The van der Waals surface area contributed by atoms with Gasteiger partial charge in [0.1, 0.15) is 0 Å². The number of rotatable bonds is 10. The second-order valence-electron chi connectivity index (χ2n) is 8.54. The predicted octanol–water partition coefficient (Wildman–Crippen LogP) is 3.57. The number of piperidine rings is 1. The van der Waals surface area contributed by atoms with Crippen LogP contribution in [0.5, 0.6) is 0 Å². The van der Waals surface area contributed by atoms with Crippen molar-refractivity contribution in [2.45, 2.75) is 37.5 Å². The van der Waals surface area contributed by atoms with Crippen LogP contribution < -0.4 is 15.1 Å². The fourth-order valence-electron chi connectivity index (χ4n) is 4.15. The largest absolute Gasteiger partial charge is 0.372 e. The number of anilines is 2. The molecule has 8 heteroatoms. The monoisotopic (exact) mass is 472 g/mol. The highest BCUT2D eigenvalue weighted by molar-refractivity contribution is 7.89. The molecule has 180 valence electrons. The van der Waals surface area contributed by atoms with Gasteiger partial charge in [0.05, 0.1) is 10.5 Å². The van der Waals surface area contributed by atoms with Gasteiger partial charge in [-0.15, -0.1) is 0 Å². The van der Waals surface area contributed by atoms with Crippen molar-refractivity contribution in [1.29, 1.82) is 0 Å². The molecule has 2 aromatic rings. The third kappa shape index (κ3) is 6.26. The van der Waals surface area contributed by atoms with Gasteiger partial charge in [-0.05, 0) is 62.9 Å². The number of sulfonamides is 1. The molecule has 2 aromatic carbocycles. The number of carbonyl (C=O) groups is 1. The lowest BCUT2D eigenvalue weighted by atomic mass is 10.1. The number of nitrogens with zero attached hydrogens (tertiary/aromatic N) is 3. The van der Waals surface area contributed by atoms with Crippen LogP contribution in [0.25, 0.3) is 0 Å². The molecule has 0 radical (unpaired) electrons. The summed E-state index contributed by atoms with van der Waals surface area (Å²) in [5, 5.41) is 3.02. The standard InChI is InChI=1S/C25H36N4O3S/c1-4-28(21-12-7-5-8-13-21)19-11-16-26-25(30)23-20-22(33(31,32)27(2)3)14-15-24(23)29-17-9-6-10-18-29/h5,7-8,12-15,20H,4,6,9-11,16-19H2,1-3H3,(H,26,30). The van der Waals surface area contributed by atoms with Gasteiger partial charge in [-0.1, -0.05) is 18.2 Å². The zero-order valence-electron chi connectivity index (χ0n) is 20.0. The highest BCUT2D eigenvalue weighted by Crippen LogP contribution is 2.28. The van der Waals surface area contributed by atoms with Gasteiger partial charge in [-0.3, -0.25) is 4.79 Å². The predicted molar refractivity (Wildman–Crippen MR) is 135 cm³/mol. The van der Waals surface area contributed by atoms with Crippen LogP contribution in [0.15, 0.2) is 53.4 Å². The summed E-state index contributed by atoms with van der Waals surface area (Å²) in [4.78, 5) is 17.8. The molecule has 0 saturated carbocycles. The molecule has 1 amide bonds. The second-order valence-corrected chi connectivity index (χ2v) is 10.7. The van der Waals surface area contributed by atoms with E-state index >= 15 is 0 Å². The third-order valence-corrected chi connectivity index (χ3v) is 7.89. The first kappa shape index (κ1) is 25.1. The first-order chi connectivity index (χ1) is 15.8. The number of nitrogens with one attached hydrogen (secondary N) is 1. The Morgan fingerprint density at radius 2 is 1.73 bits per heavy atom. The van der Waals surface area contributed by atoms with E-state index in [1.54, 1.807) is 12.1 Å². The minimum Gasteiger partial charge on any atom is -0.372 e. The second kappa shape index (κ2) is 11.5. The van der Waals surface area contributed by atoms with Gasteiger partial charge in [0.2, 0.25) is 10.0 Å². The SMILES string of the molecule is CCN(CCCNC(=O)c1cc(S(=O)(=O)N(C)C)ccc1N1CCCCC1)c1ccccc1. The maximum Gasteiger partial charge on any atom is 0.253 e. The minimum atomic E-state index is -3.62. The summed E-state index contributed by atoms with van der Waals surface area (Å²) in [7, 11) is -0.623. The molecule has 3 rings (SSSR count). The topological polar surface area (TPSA) is 73.0 Å². The Morgan fingerprint density at radius 3 is 2.36 bits per heavy atom. The van der Waals surface area contributed by atoms with Gasteiger partial charge in [0, 0.05) is 58.2 Å². The van der Waals surface area contributed by atoms with E-state index in [4.69, 9.17) is 0 Å². The summed E-state index contributed by atoms with van der Waals surface area (Å²) in [6.45, 7) is 6.11. The van der Waals surface area contributed by atoms with Crippen molar-refractivity contribution < 1.29 is 13.2 Å². The number of para-hydroxylation sites is 1. The van der Waals surface area contributed by atoms with Crippen molar-refractivity contribution in [3.63, 3.8) is 0 Å². The van der Waals surface area contributed by atoms with Crippen LogP contribution in [0, 0.1) is 0 Å². The quantitative estimate of drug-likeness (QED) is 0.535. The number of hydrogen-bond acceptors (Lipinski definition) is 5. The normalized spacial score (nSPS) is 14.4. The van der Waals surface area contributed by atoms with Crippen molar-refractivity contribution in [3.05, 3.63) is 54.1 Å². The molecule has 0 aliphatic carbocycles. The Labute approximate surface area is 198 Å². The van der Waals surface area contributed by atoms with Gasteiger partial charge in [-0.25, -0.2) is 12.7 Å². The first-order valence-corrected chi connectivity index (χ1v) is 13.2. The maximum atomic E-state index is 13.2. The van der Waals surface area contributed by atoms with E-state index in [1.807, 2.05) is 18.2 Å². The Kier molecular flexibility index (Phi) is 8.74. The van der Waals surface area contributed by atoms with Gasteiger partial charge in [0.25, 0.3) is 5.91 Å². The fraction of sp³-hybridized carbons (Fsp3) is 0.480. The Hall–Kier alpha value is -2.58. The van der Waals surface area contributed by atoms with Crippen LogP contribution in [0.2, 0.25) is 0 Å². The molecule has 1 aliphatic heterocycles. The number of hydrogen-bond donors (Lipinski definition) is 1. The molecule has 33 heavy (non-hydrogen) atoms. The lowest BCUT2D eigenvalue weighted by Crippen LogP contribution is -2.34. The van der Waals surface area contributed by atoms with E-state index in [0.29, 0.717) is 12.1 Å². The molecule has 1 heterocycles. The molecule has 7 nitrogen and oxygen atoms in total. The maximum absolute atomic E-state index is 13.2. The van der Waals surface area contributed by atoms with Crippen LogP contribution in [-0.4, -0.2) is 65.4 Å². The highest BCUT2D eigenvalue weighted by atomic mass is 32.2. The molecule has 0 atom stereocenters. The van der Waals surface area contributed by atoms with Crippen molar-refractivity contribution in [3.8, 4) is 0 Å². The molecule has 0 spiro atoms. The molecule has 1 fully saturated rings. The summed E-state index contributed by atoms with van der Waals surface area (Å²) in [6, 6.07) is 15.1. The van der Waals surface area contributed by atoms with Crippen LogP contribution >= 0.6 is 0 Å². The van der Waals surface area contributed by atoms with Crippen molar-refractivity contribution in [2.24, 2.45) is 0 Å². The average molecular weight is 473 g/mol. The van der Waals surface area contributed by atoms with E-state index in [2.05, 4.69) is 34.2 Å². The van der Waals surface area contributed by atoms with Crippen LogP contribution in [0.3, 0.4) is 0 Å². The third-order valence-electron chi connectivity index (χ3n) is 6.08. The molecule has 1 saturated heterocycles. The minimum absolute atomic E-state index is 0.139. The smallest absolute Gasteiger partial charge is 0.253 e. The first-order valence-electron chi connectivity index (χ1n) is 11.7. The number of amides is 1. The molecule has 1 aliphatic rings. The summed E-state index contributed by atoms with van der Waals surface area (Å²) >= 11 is 0. The summed E-state index contributed by atoms with van der Waals surface area (Å²) in [6.07, 6.45) is 4.12. The Bertz CT molecular complexity index is 1020. The van der Waals surface area contributed by atoms with E-state index in [-0.39, 0.29) is 10.8 Å². The Morgan fingerprint density at radius 1 is 1.03 bits per heavy atom. The van der Waals surface area contributed by atoms with Crippen LogP contribution in [0.4, 0.5) is 11.4 Å². The van der Waals surface area contributed by atoms with E-state index in [0.717, 1.165) is 51.1 Å². The fourth-order valence-corrected chi connectivity index (χ4v) is 5.08. The lowest BCUT2D eigenvalue weighted by molar-refractivity contribution is 0.0953. The molecular weight excluding hydrogens is 436 g/mol. The van der Waals surface area contributed by atoms with Crippen molar-refractivity contribution in [2.75, 3.05) is 56.6 Å². The number of benzene rings is 2. The molecule has 0 aromatic heterocycles. The van der Waals surface area contributed by atoms with Gasteiger partial charge >= 0.3 is 0 Å². The number of carbonyl (C=O) groups excluding carboxylic acids is 1. The van der Waals surface area contributed by atoms with Gasteiger partial charge in [0.15, 0.2) is 0 Å². The summed E-state index contributed by atoms with van der Waals surface area (Å²) < 4.78 is 26.5. The van der Waals surface area contributed by atoms with E-state index < -0.39 is 10.0 Å². The van der Waals surface area contributed by atoms with Crippen molar-refractivity contribution >= 4 is 27.3 Å². The molecule has 0 bridgehead atoms. The Balaban J connectivity index is 1.72. The van der Waals surface area contributed by atoms with E-state index in [1.165, 1.54) is 36.6 Å². The molecular formula is C25H36N4O3S.